The van der Waals surface area contributed by atoms with Gasteiger partial charge in [-0.25, -0.2) is 4.79 Å². The van der Waals surface area contributed by atoms with Crippen molar-refractivity contribution in [3.63, 3.8) is 0 Å². The number of halogens is 1. The molecule has 0 radical (unpaired) electrons. The third-order valence-corrected chi connectivity index (χ3v) is 3.69. The summed E-state index contributed by atoms with van der Waals surface area (Å²) < 4.78 is 10.9. The topological polar surface area (TPSA) is 51.5 Å². The second-order valence-electron chi connectivity index (χ2n) is 5.73. The van der Waals surface area contributed by atoms with E-state index < -0.39 is 6.04 Å². The van der Waals surface area contributed by atoms with Crippen LogP contribution in [0.1, 0.15) is 25.4 Å². The summed E-state index contributed by atoms with van der Waals surface area (Å²) in [5, 5.41) is 3.82. The first-order valence-corrected chi connectivity index (χ1v) is 8.07. The molecule has 0 fully saturated rings. The zero-order valence-corrected chi connectivity index (χ0v) is 14.5. The normalized spacial score (nSPS) is 11.8. The van der Waals surface area contributed by atoms with Crippen molar-refractivity contribution in [3.8, 4) is 12.3 Å². The first kappa shape index (κ1) is 18.0. The quantitative estimate of drug-likeness (QED) is 0.601. The molecule has 1 aromatic carbocycles. The van der Waals surface area contributed by atoms with Crippen LogP contribution in [0.4, 0.5) is 5.69 Å². The summed E-state index contributed by atoms with van der Waals surface area (Å²) in [5.41, 5.74) is 0.810. The number of anilines is 1. The molecule has 24 heavy (non-hydrogen) atoms. The number of esters is 1. The summed E-state index contributed by atoms with van der Waals surface area (Å²) in [5.74, 6) is 3.48. The number of terminal acetylenes is 1. The highest BCUT2D eigenvalue weighted by molar-refractivity contribution is 6.30. The molecule has 1 heterocycles. The minimum absolute atomic E-state index is 0.0572. The van der Waals surface area contributed by atoms with Gasteiger partial charge in [0.2, 0.25) is 0 Å². The fraction of sp³-hybridized carbons (Fsp3) is 0.316. The van der Waals surface area contributed by atoms with Gasteiger partial charge < -0.3 is 14.5 Å². The van der Waals surface area contributed by atoms with Crippen molar-refractivity contribution in [2.75, 3.05) is 5.32 Å². The van der Waals surface area contributed by atoms with E-state index in [0.717, 1.165) is 5.69 Å². The molecule has 1 atom stereocenters. The SMILES string of the molecule is C#CCc1ccc(COC(=O)[C@@H](Nc2ccc(Cl)cc2)C(C)C)o1. The predicted octanol–water partition coefficient (Wildman–Crippen LogP) is 4.29. The molecule has 5 heteroatoms. The monoisotopic (exact) mass is 345 g/mol. The lowest BCUT2D eigenvalue weighted by molar-refractivity contribution is -0.147. The maximum absolute atomic E-state index is 12.4. The predicted molar refractivity (Wildman–Crippen MR) is 94.7 cm³/mol. The zero-order chi connectivity index (χ0) is 17.5. The molecule has 2 aromatic rings. The first-order valence-electron chi connectivity index (χ1n) is 7.69. The van der Waals surface area contributed by atoms with Gasteiger partial charge in [-0.2, -0.15) is 0 Å². The van der Waals surface area contributed by atoms with E-state index in [0.29, 0.717) is 23.0 Å². The molecule has 0 spiro atoms. The van der Waals surface area contributed by atoms with Gasteiger partial charge in [0.1, 0.15) is 24.2 Å². The largest absolute Gasteiger partial charge is 0.461 e. The number of ether oxygens (including phenoxy) is 1. The molecule has 0 amide bonds. The number of rotatable bonds is 7. The highest BCUT2D eigenvalue weighted by atomic mass is 35.5. The fourth-order valence-corrected chi connectivity index (χ4v) is 2.28. The number of carbonyl (C=O) groups excluding carboxylic acids is 1. The molecule has 126 valence electrons. The average molecular weight is 346 g/mol. The van der Waals surface area contributed by atoms with Crippen LogP contribution in [0.25, 0.3) is 0 Å². The third kappa shape index (κ3) is 5.07. The highest BCUT2D eigenvalue weighted by Crippen LogP contribution is 2.18. The summed E-state index contributed by atoms with van der Waals surface area (Å²) >= 11 is 5.87. The Balaban J connectivity index is 1.95. The summed E-state index contributed by atoms with van der Waals surface area (Å²) in [6.45, 7) is 3.98. The Kier molecular flexibility index (Phi) is 6.34. The number of hydrogen-bond acceptors (Lipinski definition) is 4. The Morgan fingerprint density at radius 3 is 2.54 bits per heavy atom. The van der Waals surface area contributed by atoms with Gasteiger partial charge in [-0.1, -0.05) is 31.4 Å². The molecular weight excluding hydrogens is 326 g/mol. The van der Waals surface area contributed by atoms with E-state index in [1.807, 2.05) is 26.0 Å². The summed E-state index contributed by atoms with van der Waals surface area (Å²) in [6.07, 6.45) is 5.65. The molecule has 0 saturated heterocycles. The second-order valence-corrected chi connectivity index (χ2v) is 6.17. The van der Waals surface area contributed by atoms with Crippen LogP contribution >= 0.6 is 11.6 Å². The first-order chi connectivity index (χ1) is 11.5. The molecule has 0 saturated carbocycles. The van der Waals surface area contributed by atoms with Gasteiger partial charge >= 0.3 is 5.97 Å². The number of furan rings is 1. The van der Waals surface area contributed by atoms with Crippen molar-refractivity contribution >= 4 is 23.3 Å². The summed E-state index contributed by atoms with van der Waals surface area (Å²) in [7, 11) is 0. The number of hydrogen-bond donors (Lipinski definition) is 1. The fourth-order valence-electron chi connectivity index (χ4n) is 2.15. The van der Waals surface area contributed by atoms with Crippen LogP contribution in [0, 0.1) is 18.3 Å². The molecule has 0 unspecified atom stereocenters. The maximum Gasteiger partial charge on any atom is 0.329 e. The van der Waals surface area contributed by atoms with Crippen molar-refractivity contribution in [1.29, 1.82) is 0 Å². The Morgan fingerprint density at radius 1 is 1.25 bits per heavy atom. The average Bonchev–Trinajstić information content (AvgIpc) is 3.00. The Bertz CT molecular complexity index is 713. The van der Waals surface area contributed by atoms with Crippen LogP contribution in [-0.4, -0.2) is 12.0 Å². The van der Waals surface area contributed by atoms with Gasteiger partial charge in [0.05, 0.1) is 6.42 Å². The van der Waals surface area contributed by atoms with Crippen LogP contribution in [0.2, 0.25) is 5.02 Å². The van der Waals surface area contributed by atoms with E-state index in [-0.39, 0.29) is 18.5 Å². The van der Waals surface area contributed by atoms with Gasteiger partial charge in [-0.3, -0.25) is 0 Å². The lowest BCUT2D eigenvalue weighted by Crippen LogP contribution is -2.36. The van der Waals surface area contributed by atoms with Crippen molar-refractivity contribution in [1.82, 2.24) is 0 Å². The zero-order valence-electron chi connectivity index (χ0n) is 13.7. The van der Waals surface area contributed by atoms with E-state index in [1.54, 1.807) is 24.3 Å². The summed E-state index contributed by atoms with van der Waals surface area (Å²) in [4.78, 5) is 12.4. The van der Waals surface area contributed by atoms with Crippen molar-refractivity contribution in [2.24, 2.45) is 5.92 Å². The van der Waals surface area contributed by atoms with Crippen molar-refractivity contribution in [2.45, 2.75) is 32.9 Å². The lowest BCUT2D eigenvalue weighted by atomic mass is 10.0. The smallest absolute Gasteiger partial charge is 0.329 e. The van der Waals surface area contributed by atoms with E-state index in [9.17, 15) is 4.79 Å². The van der Waals surface area contributed by atoms with E-state index in [1.165, 1.54) is 0 Å². The van der Waals surface area contributed by atoms with E-state index in [4.69, 9.17) is 27.2 Å². The van der Waals surface area contributed by atoms with Gasteiger partial charge in [-0.15, -0.1) is 6.42 Å². The molecule has 1 aromatic heterocycles. The van der Waals surface area contributed by atoms with Crippen LogP contribution in [-0.2, 0) is 22.6 Å². The van der Waals surface area contributed by atoms with Crippen LogP contribution in [0.3, 0.4) is 0 Å². The van der Waals surface area contributed by atoms with Crippen LogP contribution < -0.4 is 5.32 Å². The van der Waals surface area contributed by atoms with Crippen molar-refractivity contribution in [3.05, 3.63) is 52.9 Å². The molecule has 0 aliphatic rings. The van der Waals surface area contributed by atoms with Gasteiger partial charge in [0, 0.05) is 10.7 Å². The molecule has 2 rings (SSSR count). The third-order valence-electron chi connectivity index (χ3n) is 3.44. The van der Waals surface area contributed by atoms with Crippen LogP contribution in [0.15, 0.2) is 40.8 Å². The molecule has 1 N–H and O–H groups in total. The Hall–Kier alpha value is -2.38. The summed E-state index contributed by atoms with van der Waals surface area (Å²) in [6, 6.07) is 10.3. The standard InChI is InChI=1S/C19H20ClNO3/c1-4-5-16-10-11-17(24-16)12-23-19(22)18(13(2)3)21-15-8-6-14(20)7-9-15/h1,6-11,13,18,21H,5,12H2,2-3H3/t18-/m0/s1. The minimum Gasteiger partial charge on any atom is -0.461 e. The molecular formula is C19H20ClNO3. The molecule has 4 nitrogen and oxygen atoms in total. The van der Waals surface area contributed by atoms with E-state index in [2.05, 4.69) is 11.2 Å². The minimum atomic E-state index is -0.466. The molecule has 0 aliphatic carbocycles. The lowest BCUT2D eigenvalue weighted by Gasteiger charge is -2.21. The maximum atomic E-state index is 12.4. The number of nitrogens with one attached hydrogen (secondary N) is 1. The molecule has 0 aliphatic heterocycles. The highest BCUT2D eigenvalue weighted by Gasteiger charge is 2.24. The van der Waals surface area contributed by atoms with E-state index >= 15 is 0 Å². The molecule has 0 bridgehead atoms. The Morgan fingerprint density at radius 2 is 1.92 bits per heavy atom. The van der Waals surface area contributed by atoms with Gasteiger partial charge in [0.25, 0.3) is 0 Å². The van der Waals surface area contributed by atoms with Crippen molar-refractivity contribution < 1.29 is 13.9 Å². The van der Waals surface area contributed by atoms with Gasteiger partial charge in [-0.05, 0) is 42.3 Å². The van der Waals surface area contributed by atoms with Gasteiger partial charge in [0.15, 0.2) is 0 Å². The Labute approximate surface area is 147 Å². The second kappa shape index (κ2) is 8.47. The van der Waals surface area contributed by atoms with Crippen LogP contribution in [0.5, 0.6) is 0 Å². The number of benzene rings is 1. The number of carbonyl (C=O) groups is 1.